The molecule has 3 nitrogen and oxygen atoms in total. The Kier molecular flexibility index (Phi) is 3.68. The molecule has 0 radical (unpaired) electrons. The summed E-state index contributed by atoms with van der Waals surface area (Å²) in [5.74, 6) is 4.30. The van der Waals surface area contributed by atoms with E-state index in [2.05, 4.69) is 11.2 Å². The molecule has 1 aliphatic heterocycles. The van der Waals surface area contributed by atoms with Gasteiger partial charge in [0.2, 0.25) is 0 Å². The van der Waals surface area contributed by atoms with Gasteiger partial charge in [0, 0.05) is 25.1 Å². The average Bonchev–Trinajstić information content (AvgIpc) is 2.35. The zero-order valence-electron chi connectivity index (χ0n) is 9.16. The first-order valence-electron chi connectivity index (χ1n) is 5.43. The molecule has 0 fully saturated rings. The fourth-order valence-electron chi connectivity index (χ4n) is 1.66. The molecule has 1 aliphatic rings. The Hall–Kier alpha value is -1.66. The van der Waals surface area contributed by atoms with Crippen LogP contribution < -0.4 is 14.8 Å². The van der Waals surface area contributed by atoms with Crippen LogP contribution in [0.15, 0.2) is 18.2 Å². The van der Waals surface area contributed by atoms with Crippen LogP contribution in [0.1, 0.15) is 12.0 Å². The van der Waals surface area contributed by atoms with Crippen LogP contribution in [-0.4, -0.2) is 19.8 Å². The molecule has 1 heterocycles. The lowest BCUT2D eigenvalue weighted by atomic mass is 10.1. The van der Waals surface area contributed by atoms with Crippen LogP contribution in [0.3, 0.4) is 0 Å². The Morgan fingerprint density at radius 1 is 1.31 bits per heavy atom. The molecule has 84 valence electrons. The molecular weight excluding hydrogens is 202 g/mol. The summed E-state index contributed by atoms with van der Waals surface area (Å²) in [6.07, 6.45) is 5.93. The second kappa shape index (κ2) is 5.43. The topological polar surface area (TPSA) is 30.5 Å². The number of rotatable bonds is 4. The third-order valence-corrected chi connectivity index (χ3v) is 2.41. The molecule has 0 unspecified atom stereocenters. The van der Waals surface area contributed by atoms with Crippen molar-refractivity contribution in [3.63, 3.8) is 0 Å². The van der Waals surface area contributed by atoms with E-state index in [1.807, 2.05) is 18.2 Å². The molecule has 0 bridgehead atoms. The number of benzene rings is 1. The highest BCUT2D eigenvalue weighted by molar-refractivity contribution is 5.47. The minimum atomic E-state index is 0.619. The lowest BCUT2D eigenvalue weighted by molar-refractivity contribution is 0.169. The number of ether oxygens (including phenoxy) is 2. The van der Waals surface area contributed by atoms with Gasteiger partial charge in [-0.2, -0.15) is 0 Å². The van der Waals surface area contributed by atoms with E-state index >= 15 is 0 Å². The number of para-hydroxylation sites is 1. The Morgan fingerprint density at radius 3 is 3.06 bits per heavy atom. The van der Waals surface area contributed by atoms with Gasteiger partial charge in [0.05, 0.1) is 0 Å². The van der Waals surface area contributed by atoms with E-state index in [4.69, 9.17) is 15.9 Å². The number of nitrogens with one attached hydrogen (secondary N) is 1. The fraction of sp³-hybridized carbons (Fsp3) is 0.385. The first-order chi connectivity index (χ1) is 7.92. The maximum absolute atomic E-state index is 5.61. The minimum Gasteiger partial charge on any atom is -0.486 e. The van der Waals surface area contributed by atoms with Crippen LogP contribution in [0.25, 0.3) is 0 Å². The fourth-order valence-corrected chi connectivity index (χ4v) is 1.66. The zero-order chi connectivity index (χ0) is 11.2. The van der Waals surface area contributed by atoms with Crippen molar-refractivity contribution in [3.05, 3.63) is 23.8 Å². The first-order valence-corrected chi connectivity index (χ1v) is 5.43. The Balaban J connectivity index is 2.01. The molecule has 0 spiro atoms. The van der Waals surface area contributed by atoms with Crippen LogP contribution in [-0.2, 0) is 6.54 Å². The quantitative estimate of drug-likeness (QED) is 0.613. The van der Waals surface area contributed by atoms with E-state index in [0.717, 1.165) is 36.6 Å². The van der Waals surface area contributed by atoms with Gasteiger partial charge in [0.1, 0.15) is 13.2 Å². The maximum Gasteiger partial charge on any atom is 0.165 e. The van der Waals surface area contributed by atoms with Crippen molar-refractivity contribution in [1.82, 2.24) is 5.32 Å². The second-order valence-corrected chi connectivity index (χ2v) is 3.57. The summed E-state index contributed by atoms with van der Waals surface area (Å²) in [4.78, 5) is 0. The van der Waals surface area contributed by atoms with E-state index in [0.29, 0.717) is 13.2 Å². The van der Waals surface area contributed by atoms with Gasteiger partial charge in [-0.15, -0.1) is 12.3 Å². The van der Waals surface area contributed by atoms with Crippen molar-refractivity contribution in [1.29, 1.82) is 0 Å². The second-order valence-electron chi connectivity index (χ2n) is 3.57. The summed E-state index contributed by atoms with van der Waals surface area (Å²) >= 11 is 0. The highest BCUT2D eigenvalue weighted by Gasteiger charge is 2.14. The van der Waals surface area contributed by atoms with Crippen molar-refractivity contribution < 1.29 is 9.47 Å². The van der Waals surface area contributed by atoms with Crippen LogP contribution in [0.2, 0.25) is 0 Å². The maximum atomic E-state index is 5.61. The van der Waals surface area contributed by atoms with Crippen LogP contribution >= 0.6 is 0 Å². The molecule has 0 aliphatic carbocycles. The van der Waals surface area contributed by atoms with Crippen molar-refractivity contribution in [3.8, 4) is 23.8 Å². The summed E-state index contributed by atoms with van der Waals surface area (Å²) in [6.45, 7) is 2.82. The van der Waals surface area contributed by atoms with E-state index < -0.39 is 0 Å². The van der Waals surface area contributed by atoms with Gasteiger partial charge in [0.25, 0.3) is 0 Å². The predicted octanol–water partition coefficient (Wildman–Crippen LogP) is 1.57. The minimum absolute atomic E-state index is 0.619. The Bertz CT molecular complexity index is 395. The molecule has 0 saturated carbocycles. The SMILES string of the molecule is C#CCCNCc1cccc2c1OCCO2. The zero-order valence-corrected chi connectivity index (χ0v) is 9.16. The summed E-state index contributed by atoms with van der Waals surface area (Å²) < 4.78 is 11.1. The normalized spacial score (nSPS) is 13.2. The van der Waals surface area contributed by atoms with E-state index in [-0.39, 0.29) is 0 Å². The summed E-state index contributed by atoms with van der Waals surface area (Å²) in [5.41, 5.74) is 1.12. The lowest BCUT2D eigenvalue weighted by Gasteiger charge is -2.21. The number of hydrogen-bond acceptors (Lipinski definition) is 3. The van der Waals surface area contributed by atoms with Gasteiger partial charge in [0.15, 0.2) is 11.5 Å². The smallest absolute Gasteiger partial charge is 0.165 e. The van der Waals surface area contributed by atoms with E-state index in [9.17, 15) is 0 Å². The van der Waals surface area contributed by atoms with Gasteiger partial charge in [-0.3, -0.25) is 0 Å². The van der Waals surface area contributed by atoms with Gasteiger partial charge < -0.3 is 14.8 Å². The molecule has 0 aromatic heterocycles. The van der Waals surface area contributed by atoms with Gasteiger partial charge in [-0.25, -0.2) is 0 Å². The number of fused-ring (bicyclic) bond motifs is 1. The van der Waals surface area contributed by atoms with Gasteiger partial charge in [-0.1, -0.05) is 12.1 Å². The van der Waals surface area contributed by atoms with Gasteiger partial charge in [-0.05, 0) is 6.07 Å². The molecule has 0 saturated heterocycles. The summed E-state index contributed by atoms with van der Waals surface area (Å²) in [5, 5.41) is 3.27. The molecule has 1 aromatic carbocycles. The third kappa shape index (κ3) is 2.47. The van der Waals surface area contributed by atoms with Crippen molar-refractivity contribution in [2.24, 2.45) is 0 Å². The molecule has 1 N–H and O–H groups in total. The molecule has 0 amide bonds. The Labute approximate surface area is 95.8 Å². The monoisotopic (exact) mass is 217 g/mol. The lowest BCUT2D eigenvalue weighted by Crippen LogP contribution is -2.19. The van der Waals surface area contributed by atoms with Crippen molar-refractivity contribution in [2.75, 3.05) is 19.8 Å². The molecular formula is C13H15NO2. The largest absolute Gasteiger partial charge is 0.486 e. The van der Waals surface area contributed by atoms with Crippen LogP contribution in [0, 0.1) is 12.3 Å². The molecule has 3 heteroatoms. The highest BCUT2D eigenvalue weighted by atomic mass is 16.6. The predicted molar refractivity (Wildman–Crippen MR) is 62.6 cm³/mol. The molecule has 1 aromatic rings. The number of hydrogen-bond donors (Lipinski definition) is 1. The summed E-state index contributed by atoms with van der Waals surface area (Å²) in [7, 11) is 0. The highest BCUT2D eigenvalue weighted by Crippen LogP contribution is 2.33. The third-order valence-electron chi connectivity index (χ3n) is 2.41. The van der Waals surface area contributed by atoms with Crippen LogP contribution in [0.5, 0.6) is 11.5 Å². The van der Waals surface area contributed by atoms with Gasteiger partial charge >= 0.3 is 0 Å². The Morgan fingerprint density at radius 2 is 2.19 bits per heavy atom. The molecule has 0 atom stereocenters. The van der Waals surface area contributed by atoms with Crippen molar-refractivity contribution in [2.45, 2.75) is 13.0 Å². The van der Waals surface area contributed by atoms with Crippen molar-refractivity contribution >= 4 is 0 Å². The standard InChI is InChI=1S/C13H15NO2/c1-2-3-7-14-10-11-5-4-6-12-13(11)16-9-8-15-12/h1,4-6,14H,3,7-10H2. The molecule has 2 rings (SSSR count). The first kappa shape index (κ1) is 10.8. The molecule has 16 heavy (non-hydrogen) atoms. The average molecular weight is 217 g/mol. The summed E-state index contributed by atoms with van der Waals surface area (Å²) in [6, 6.07) is 5.95. The van der Waals surface area contributed by atoms with E-state index in [1.165, 1.54) is 0 Å². The number of terminal acetylenes is 1. The van der Waals surface area contributed by atoms with E-state index in [1.54, 1.807) is 0 Å². The van der Waals surface area contributed by atoms with Crippen LogP contribution in [0.4, 0.5) is 0 Å².